The third-order valence-corrected chi connectivity index (χ3v) is 5.08. The molecule has 2 aromatic heterocycles. The number of carbonyl (C=O) groups excluding carboxylic acids is 1. The summed E-state index contributed by atoms with van der Waals surface area (Å²) in [4.78, 5) is 16.4. The van der Waals surface area contributed by atoms with Gasteiger partial charge in [-0.1, -0.05) is 19.1 Å². The van der Waals surface area contributed by atoms with Gasteiger partial charge < -0.3 is 19.0 Å². The molecule has 0 bridgehead atoms. The molecule has 2 unspecified atom stereocenters. The molecule has 2 heterocycles. The Balaban J connectivity index is 1.27. The van der Waals surface area contributed by atoms with E-state index < -0.39 is 0 Å². The summed E-state index contributed by atoms with van der Waals surface area (Å²) in [5.74, 6) is 3.82. The van der Waals surface area contributed by atoms with Crippen LogP contribution in [0.2, 0.25) is 0 Å². The van der Waals surface area contributed by atoms with Crippen molar-refractivity contribution < 1.29 is 13.9 Å². The van der Waals surface area contributed by atoms with Crippen LogP contribution in [-0.4, -0.2) is 22.1 Å². The van der Waals surface area contributed by atoms with Crippen molar-refractivity contribution in [2.24, 2.45) is 5.92 Å². The van der Waals surface area contributed by atoms with Gasteiger partial charge in [0.25, 0.3) is 0 Å². The molecule has 4 rings (SSSR count). The summed E-state index contributed by atoms with van der Waals surface area (Å²) in [5, 5.41) is 2.95. The van der Waals surface area contributed by atoms with E-state index >= 15 is 0 Å². The van der Waals surface area contributed by atoms with Crippen molar-refractivity contribution in [1.29, 1.82) is 0 Å². The minimum absolute atomic E-state index is 0.0524. The molecule has 1 N–H and O–H groups in total. The Bertz CT molecular complexity index is 917. The van der Waals surface area contributed by atoms with Gasteiger partial charge in [-0.15, -0.1) is 0 Å². The molecule has 1 fully saturated rings. The van der Waals surface area contributed by atoms with Gasteiger partial charge in [0, 0.05) is 31.2 Å². The number of aromatic nitrogens is 2. The topological polar surface area (TPSA) is 69.3 Å². The van der Waals surface area contributed by atoms with Crippen LogP contribution in [0.25, 0.3) is 0 Å². The Labute approximate surface area is 164 Å². The predicted molar refractivity (Wildman–Crippen MR) is 106 cm³/mol. The van der Waals surface area contributed by atoms with Gasteiger partial charge in [-0.2, -0.15) is 0 Å². The van der Waals surface area contributed by atoms with Gasteiger partial charge in [0.15, 0.2) is 0 Å². The van der Waals surface area contributed by atoms with E-state index in [9.17, 15) is 4.79 Å². The fourth-order valence-corrected chi connectivity index (χ4v) is 3.27. The Hall–Kier alpha value is -3.02. The van der Waals surface area contributed by atoms with Crippen LogP contribution in [0.4, 0.5) is 5.69 Å². The highest BCUT2D eigenvalue weighted by Gasteiger charge is 2.36. The molecule has 1 aliphatic rings. The third-order valence-electron chi connectivity index (χ3n) is 5.08. The van der Waals surface area contributed by atoms with Crippen LogP contribution in [0.1, 0.15) is 37.2 Å². The molecule has 1 amide bonds. The van der Waals surface area contributed by atoms with E-state index in [1.54, 1.807) is 12.5 Å². The molecule has 1 aromatic carbocycles. The second-order valence-electron chi connectivity index (χ2n) is 7.32. The number of hydrogen-bond donors (Lipinski definition) is 1. The van der Waals surface area contributed by atoms with E-state index in [0.717, 1.165) is 11.5 Å². The van der Waals surface area contributed by atoms with E-state index in [1.165, 1.54) is 6.42 Å². The Morgan fingerprint density at radius 1 is 1.32 bits per heavy atom. The number of imidazole rings is 1. The highest BCUT2D eigenvalue weighted by molar-refractivity contribution is 5.92. The number of hydrogen-bond acceptors (Lipinski definition) is 4. The molecule has 3 aromatic rings. The molecule has 1 aliphatic carbocycles. The lowest BCUT2D eigenvalue weighted by Crippen LogP contribution is -2.14. The lowest BCUT2D eigenvalue weighted by molar-refractivity contribution is -0.116. The van der Waals surface area contributed by atoms with Crippen molar-refractivity contribution in [3.8, 4) is 5.75 Å². The summed E-state index contributed by atoms with van der Waals surface area (Å²) >= 11 is 0. The van der Waals surface area contributed by atoms with E-state index in [-0.39, 0.29) is 5.91 Å². The van der Waals surface area contributed by atoms with Gasteiger partial charge in [0.05, 0.1) is 18.6 Å². The highest BCUT2D eigenvalue weighted by atomic mass is 16.5. The van der Waals surface area contributed by atoms with Gasteiger partial charge in [-0.25, -0.2) is 4.98 Å². The SMILES string of the molecule is CC1CC1c1ccc(CCC(=O)Nc2ccccc2OCCn2ccnc2)o1. The standard InChI is InChI=1S/C22H25N3O3/c1-16-14-18(16)20-8-6-17(28-20)7-9-22(26)24-19-4-2-3-5-21(19)27-13-12-25-11-10-23-15-25/h2-6,8,10-11,15-16,18H,7,9,12-14H2,1H3,(H,24,26). The molecule has 6 heteroatoms. The normalized spacial score (nSPS) is 18.0. The fourth-order valence-electron chi connectivity index (χ4n) is 3.27. The summed E-state index contributed by atoms with van der Waals surface area (Å²) in [6.07, 6.45) is 7.54. The fraction of sp³-hybridized carbons (Fsp3) is 0.364. The first-order chi connectivity index (χ1) is 13.7. The first-order valence-corrected chi connectivity index (χ1v) is 9.75. The predicted octanol–water partition coefficient (Wildman–Crippen LogP) is 4.25. The summed E-state index contributed by atoms with van der Waals surface area (Å²) in [6, 6.07) is 11.5. The number of anilines is 1. The zero-order chi connectivity index (χ0) is 19.3. The molecular formula is C22H25N3O3. The van der Waals surface area contributed by atoms with Crippen LogP contribution < -0.4 is 10.1 Å². The summed E-state index contributed by atoms with van der Waals surface area (Å²) in [5.41, 5.74) is 0.685. The zero-order valence-corrected chi connectivity index (χ0v) is 16.0. The number of ether oxygens (including phenoxy) is 1. The second kappa shape index (κ2) is 8.33. The minimum atomic E-state index is -0.0524. The maximum Gasteiger partial charge on any atom is 0.224 e. The molecule has 28 heavy (non-hydrogen) atoms. The van der Waals surface area contributed by atoms with Crippen molar-refractivity contribution in [1.82, 2.24) is 9.55 Å². The van der Waals surface area contributed by atoms with Crippen molar-refractivity contribution in [2.75, 3.05) is 11.9 Å². The number of furan rings is 1. The number of benzene rings is 1. The number of para-hydroxylation sites is 2. The quantitative estimate of drug-likeness (QED) is 0.603. The monoisotopic (exact) mass is 379 g/mol. The third kappa shape index (κ3) is 4.63. The smallest absolute Gasteiger partial charge is 0.224 e. The lowest BCUT2D eigenvalue weighted by atomic mass is 10.2. The molecule has 0 aliphatic heterocycles. The molecule has 6 nitrogen and oxygen atoms in total. The minimum Gasteiger partial charge on any atom is -0.490 e. The van der Waals surface area contributed by atoms with E-state index in [4.69, 9.17) is 9.15 Å². The van der Waals surface area contributed by atoms with Crippen molar-refractivity contribution in [3.05, 3.63) is 66.6 Å². The Morgan fingerprint density at radius 2 is 2.18 bits per heavy atom. The summed E-state index contributed by atoms with van der Waals surface area (Å²) in [6.45, 7) is 3.43. The molecule has 0 spiro atoms. The van der Waals surface area contributed by atoms with Crippen LogP contribution in [0.5, 0.6) is 5.75 Å². The van der Waals surface area contributed by atoms with Crippen molar-refractivity contribution in [3.63, 3.8) is 0 Å². The molecule has 146 valence electrons. The molecule has 0 radical (unpaired) electrons. The van der Waals surface area contributed by atoms with Crippen molar-refractivity contribution >= 4 is 11.6 Å². The van der Waals surface area contributed by atoms with Crippen LogP contribution in [0, 0.1) is 5.92 Å². The number of nitrogens with zero attached hydrogens (tertiary/aromatic N) is 2. The van der Waals surface area contributed by atoms with Gasteiger partial charge in [-0.05, 0) is 36.6 Å². The lowest BCUT2D eigenvalue weighted by Gasteiger charge is -2.12. The Morgan fingerprint density at radius 3 is 2.96 bits per heavy atom. The molecule has 2 atom stereocenters. The first kappa shape index (κ1) is 18.3. The average Bonchev–Trinajstić information content (AvgIpc) is 3.09. The van der Waals surface area contributed by atoms with E-state index in [0.29, 0.717) is 49.3 Å². The van der Waals surface area contributed by atoms with Crippen LogP contribution >= 0.6 is 0 Å². The maximum absolute atomic E-state index is 12.4. The van der Waals surface area contributed by atoms with Gasteiger partial charge in [-0.3, -0.25) is 4.79 Å². The number of aryl methyl sites for hydroxylation is 1. The second-order valence-corrected chi connectivity index (χ2v) is 7.32. The zero-order valence-electron chi connectivity index (χ0n) is 16.0. The van der Waals surface area contributed by atoms with Gasteiger partial charge in [0.2, 0.25) is 5.91 Å². The summed E-state index contributed by atoms with van der Waals surface area (Å²) in [7, 11) is 0. The van der Waals surface area contributed by atoms with E-state index in [1.807, 2.05) is 47.2 Å². The van der Waals surface area contributed by atoms with Gasteiger partial charge >= 0.3 is 0 Å². The van der Waals surface area contributed by atoms with Crippen LogP contribution in [0.15, 0.2) is 59.5 Å². The number of amides is 1. The van der Waals surface area contributed by atoms with Gasteiger partial charge in [0.1, 0.15) is 23.9 Å². The number of nitrogens with one attached hydrogen (secondary N) is 1. The average molecular weight is 379 g/mol. The largest absolute Gasteiger partial charge is 0.490 e. The number of carbonyl (C=O) groups is 1. The first-order valence-electron chi connectivity index (χ1n) is 9.75. The molecule has 0 saturated heterocycles. The summed E-state index contributed by atoms with van der Waals surface area (Å²) < 4.78 is 13.7. The number of rotatable bonds is 9. The van der Waals surface area contributed by atoms with Crippen molar-refractivity contribution in [2.45, 2.75) is 38.6 Å². The maximum atomic E-state index is 12.4. The molecule has 1 saturated carbocycles. The van der Waals surface area contributed by atoms with Crippen LogP contribution in [0.3, 0.4) is 0 Å². The molecular weight excluding hydrogens is 354 g/mol. The highest BCUT2D eigenvalue weighted by Crippen LogP contribution is 2.47. The van der Waals surface area contributed by atoms with Crippen LogP contribution in [-0.2, 0) is 17.8 Å². The Kier molecular flexibility index (Phi) is 5.46. The van der Waals surface area contributed by atoms with E-state index in [2.05, 4.69) is 17.2 Å².